The molecule has 140 valence electrons. The molecule has 0 aliphatic heterocycles. The molecule has 0 saturated heterocycles. The quantitative estimate of drug-likeness (QED) is 0.347. The number of nitriles is 1. The summed E-state index contributed by atoms with van der Waals surface area (Å²) in [6.07, 6.45) is 1.58. The van der Waals surface area contributed by atoms with Crippen LogP contribution in [0.25, 0.3) is 16.8 Å². The van der Waals surface area contributed by atoms with Crippen molar-refractivity contribution in [2.45, 2.75) is 20.8 Å². The van der Waals surface area contributed by atoms with E-state index in [0.717, 1.165) is 22.4 Å². The number of nitrogens with one attached hydrogen (secondary N) is 1. The highest BCUT2D eigenvalue weighted by Gasteiger charge is 2.12. The van der Waals surface area contributed by atoms with Crippen LogP contribution in [0.15, 0.2) is 48.0 Å². The van der Waals surface area contributed by atoms with E-state index in [-0.39, 0.29) is 5.69 Å². The molecule has 0 amide bonds. The third-order valence-corrected chi connectivity index (χ3v) is 5.18. The van der Waals surface area contributed by atoms with E-state index in [1.165, 1.54) is 29.0 Å². The molecule has 0 unspecified atom stereocenters. The van der Waals surface area contributed by atoms with Crippen LogP contribution in [0.2, 0.25) is 0 Å². The SMILES string of the molecule is Cc1ccc(-c2csc(C(C#N)=CNc3ccc([N+](=O)[O-])cc3C)n2)c(C)c1. The predicted octanol–water partition coefficient (Wildman–Crippen LogP) is 5.62. The maximum Gasteiger partial charge on any atom is 0.269 e. The standard InChI is InChI=1S/C21H18N4O2S/c1-13-4-6-18(14(2)8-13)20-12-28-21(24-20)16(10-22)11-23-19-7-5-17(25(26)27)9-15(19)3/h4-9,11-12,23H,1-3H3. The van der Waals surface area contributed by atoms with Gasteiger partial charge in [0.1, 0.15) is 16.6 Å². The number of benzene rings is 2. The molecule has 2 aromatic carbocycles. The summed E-state index contributed by atoms with van der Waals surface area (Å²) in [6, 6.07) is 12.9. The largest absolute Gasteiger partial charge is 0.360 e. The highest BCUT2D eigenvalue weighted by Crippen LogP contribution is 2.29. The van der Waals surface area contributed by atoms with E-state index < -0.39 is 4.92 Å². The first kappa shape index (κ1) is 19.3. The Kier molecular flexibility index (Phi) is 5.52. The molecule has 0 bridgehead atoms. The Bertz CT molecular complexity index is 1130. The van der Waals surface area contributed by atoms with Gasteiger partial charge in [-0.15, -0.1) is 11.3 Å². The van der Waals surface area contributed by atoms with Gasteiger partial charge in [-0.25, -0.2) is 4.98 Å². The number of anilines is 1. The minimum atomic E-state index is -0.433. The molecule has 3 aromatic rings. The highest BCUT2D eigenvalue weighted by atomic mass is 32.1. The summed E-state index contributed by atoms with van der Waals surface area (Å²) in [5, 5.41) is 26.0. The normalized spacial score (nSPS) is 11.1. The molecular formula is C21H18N4O2S. The summed E-state index contributed by atoms with van der Waals surface area (Å²) in [5.41, 5.74) is 6.07. The van der Waals surface area contributed by atoms with Crippen LogP contribution in [0, 0.1) is 42.2 Å². The van der Waals surface area contributed by atoms with Crippen molar-refractivity contribution in [1.29, 1.82) is 5.26 Å². The van der Waals surface area contributed by atoms with Gasteiger partial charge < -0.3 is 5.32 Å². The Morgan fingerprint density at radius 1 is 1.21 bits per heavy atom. The number of nitro groups is 1. The van der Waals surface area contributed by atoms with E-state index >= 15 is 0 Å². The molecule has 6 nitrogen and oxygen atoms in total. The second kappa shape index (κ2) is 8.03. The number of non-ortho nitro benzene ring substituents is 1. The molecule has 7 heteroatoms. The van der Waals surface area contributed by atoms with Crippen LogP contribution >= 0.6 is 11.3 Å². The van der Waals surface area contributed by atoms with E-state index in [1.807, 2.05) is 31.4 Å². The van der Waals surface area contributed by atoms with Gasteiger partial charge in [-0.1, -0.05) is 23.8 Å². The van der Waals surface area contributed by atoms with E-state index in [9.17, 15) is 15.4 Å². The smallest absolute Gasteiger partial charge is 0.269 e. The van der Waals surface area contributed by atoms with Crippen LogP contribution in [0.4, 0.5) is 11.4 Å². The van der Waals surface area contributed by atoms with Crippen molar-refractivity contribution in [1.82, 2.24) is 4.98 Å². The van der Waals surface area contributed by atoms with Gasteiger partial charge in [0.05, 0.1) is 10.6 Å². The summed E-state index contributed by atoms with van der Waals surface area (Å²) in [5.74, 6) is 0. The second-order valence-electron chi connectivity index (χ2n) is 6.43. The van der Waals surface area contributed by atoms with Crippen LogP contribution in [0.3, 0.4) is 0 Å². The van der Waals surface area contributed by atoms with E-state index in [0.29, 0.717) is 16.3 Å². The Hall–Kier alpha value is -3.50. The summed E-state index contributed by atoms with van der Waals surface area (Å²) in [4.78, 5) is 15.0. The third-order valence-electron chi connectivity index (χ3n) is 4.31. The van der Waals surface area contributed by atoms with E-state index in [2.05, 4.69) is 22.4 Å². The molecule has 0 aliphatic carbocycles. The Balaban J connectivity index is 1.85. The summed E-state index contributed by atoms with van der Waals surface area (Å²) in [6.45, 7) is 5.86. The molecule has 0 aliphatic rings. The number of hydrogen-bond acceptors (Lipinski definition) is 6. The molecule has 0 atom stereocenters. The minimum absolute atomic E-state index is 0.0329. The highest BCUT2D eigenvalue weighted by molar-refractivity contribution is 7.11. The van der Waals surface area contributed by atoms with E-state index in [4.69, 9.17) is 0 Å². The van der Waals surface area contributed by atoms with E-state index in [1.54, 1.807) is 19.2 Å². The van der Waals surface area contributed by atoms with Gasteiger partial charge in [-0.3, -0.25) is 10.1 Å². The molecule has 0 fully saturated rings. The molecule has 28 heavy (non-hydrogen) atoms. The van der Waals surface area contributed by atoms with Crippen molar-refractivity contribution in [3.63, 3.8) is 0 Å². The van der Waals surface area contributed by atoms with Crippen molar-refractivity contribution in [2.75, 3.05) is 5.32 Å². The van der Waals surface area contributed by atoms with Crippen molar-refractivity contribution in [3.8, 4) is 17.3 Å². The lowest BCUT2D eigenvalue weighted by molar-refractivity contribution is -0.384. The van der Waals surface area contributed by atoms with Gasteiger partial charge in [0.15, 0.2) is 0 Å². The molecule has 0 radical (unpaired) electrons. The molecule has 1 heterocycles. The molecule has 1 N–H and O–H groups in total. The number of allylic oxidation sites excluding steroid dienone is 1. The summed E-state index contributed by atoms with van der Waals surface area (Å²) in [7, 11) is 0. The average Bonchev–Trinajstić information content (AvgIpc) is 3.12. The topological polar surface area (TPSA) is 91.8 Å². The first-order chi connectivity index (χ1) is 13.4. The Labute approximate surface area is 167 Å². The fourth-order valence-corrected chi connectivity index (χ4v) is 3.62. The number of rotatable bonds is 5. The molecule has 3 rings (SSSR count). The minimum Gasteiger partial charge on any atom is -0.360 e. The summed E-state index contributed by atoms with van der Waals surface area (Å²) >= 11 is 1.40. The first-order valence-electron chi connectivity index (χ1n) is 8.54. The first-order valence-corrected chi connectivity index (χ1v) is 9.42. The van der Waals surface area contributed by atoms with Gasteiger partial charge >= 0.3 is 0 Å². The Morgan fingerprint density at radius 2 is 2.00 bits per heavy atom. The Morgan fingerprint density at radius 3 is 2.64 bits per heavy atom. The zero-order valence-electron chi connectivity index (χ0n) is 15.7. The lowest BCUT2D eigenvalue weighted by Crippen LogP contribution is -1.95. The molecule has 1 aromatic heterocycles. The van der Waals surface area contributed by atoms with Crippen LogP contribution in [0.1, 0.15) is 21.7 Å². The fraction of sp³-hybridized carbons (Fsp3) is 0.143. The summed E-state index contributed by atoms with van der Waals surface area (Å²) < 4.78 is 0. The van der Waals surface area contributed by atoms with Crippen molar-refractivity contribution < 1.29 is 4.92 Å². The van der Waals surface area contributed by atoms with Crippen LogP contribution in [0.5, 0.6) is 0 Å². The van der Waals surface area contributed by atoms with Crippen molar-refractivity contribution >= 4 is 28.3 Å². The van der Waals surface area contributed by atoms with Crippen molar-refractivity contribution in [2.24, 2.45) is 0 Å². The zero-order valence-corrected chi connectivity index (χ0v) is 16.5. The molecule has 0 spiro atoms. The second-order valence-corrected chi connectivity index (χ2v) is 7.28. The lowest BCUT2D eigenvalue weighted by atomic mass is 10.0. The maximum atomic E-state index is 10.8. The number of nitro benzene ring substituents is 1. The average molecular weight is 390 g/mol. The monoisotopic (exact) mass is 390 g/mol. The van der Waals surface area contributed by atoms with Gasteiger partial charge in [0.25, 0.3) is 5.69 Å². The number of aromatic nitrogens is 1. The number of aryl methyl sites for hydroxylation is 3. The van der Waals surface area contributed by atoms with Crippen LogP contribution < -0.4 is 5.32 Å². The van der Waals surface area contributed by atoms with Crippen LogP contribution in [-0.4, -0.2) is 9.91 Å². The zero-order chi connectivity index (χ0) is 20.3. The van der Waals surface area contributed by atoms with Gasteiger partial charge in [-0.2, -0.15) is 5.26 Å². The van der Waals surface area contributed by atoms with Gasteiger partial charge in [0, 0.05) is 35.0 Å². The van der Waals surface area contributed by atoms with Gasteiger partial charge in [-0.05, 0) is 38.0 Å². The molecule has 0 saturated carbocycles. The maximum absolute atomic E-state index is 10.8. The predicted molar refractivity (Wildman–Crippen MR) is 112 cm³/mol. The number of hydrogen-bond donors (Lipinski definition) is 1. The number of nitrogens with zero attached hydrogens (tertiary/aromatic N) is 3. The van der Waals surface area contributed by atoms with Crippen molar-refractivity contribution in [3.05, 3.63) is 79.8 Å². The lowest BCUT2D eigenvalue weighted by Gasteiger charge is -2.05. The number of thiazole rings is 1. The molecular weight excluding hydrogens is 372 g/mol. The van der Waals surface area contributed by atoms with Gasteiger partial charge in [0.2, 0.25) is 0 Å². The van der Waals surface area contributed by atoms with Crippen LogP contribution in [-0.2, 0) is 0 Å². The fourth-order valence-electron chi connectivity index (χ4n) is 2.84. The third kappa shape index (κ3) is 4.08.